The second-order valence-corrected chi connectivity index (χ2v) is 6.75. The summed E-state index contributed by atoms with van der Waals surface area (Å²) in [6, 6.07) is 11.6. The Labute approximate surface area is 173 Å². The smallest absolute Gasteiger partial charge is 0.338 e. The second-order valence-electron chi connectivity index (χ2n) is 5.24. The zero-order valence-electron chi connectivity index (χ0n) is 13.2. The summed E-state index contributed by atoms with van der Waals surface area (Å²) in [5.74, 6) is -2.11. The summed E-state index contributed by atoms with van der Waals surface area (Å²) in [7, 11) is 0. The maximum absolute atomic E-state index is 13.4. The van der Waals surface area contributed by atoms with Crippen LogP contribution in [0.4, 0.5) is 11.6 Å². The number of nitrogens with zero attached hydrogens (tertiary/aromatic N) is 1. The van der Waals surface area contributed by atoms with Gasteiger partial charge in [-0.15, -0.1) is 0 Å². The van der Waals surface area contributed by atoms with E-state index in [1.807, 2.05) is 0 Å². The first-order valence-corrected chi connectivity index (χ1v) is 8.88. The van der Waals surface area contributed by atoms with Gasteiger partial charge in [-0.25, -0.2) is 9.69 Å². The summed E-state index contributed by atoms with van der Waals surface area (Å²) in [6.07, 6.45) is 1.38. The van der Waals surface area contributed by atoms with Crippen molar-refractivity contribution in [3.63, 3.8) is 0 Å². The van der Waals surface area contributed by atoms with Crippen molar-refractivity contribution in [1.82, 2.24) is 0 Å². The van der Waals surface area contributed by atoms with Gasteiger partial charge in [-0.2, -0.15) is 0 Å². The average molecular weight is 445 g/mol. The minimum absolute atomic E-state index is 0.154. The highest BCUT2D eigenvalue weighted by atomic mass is 35.5. The molecule has 0 atom stereocenters. The van der Waals surface area contributed by atoms with Gasteiger partial charge in [0.2, 0.25) is 5.88 Å². The summed E-state index contributed by atoms with van der Waals surface area (Å²) in [5, 5.41) is 8.41. The van der Waals surface area contributed by atoms with Crippen LogP contribution in [0.25, 0.3) is 0 Å². The Morgan fingerprint density at radius 3 is 1.93 bits per heavy atom. The number of carbonyl (C=O) groups excluding carboxylic acids is 1. The molecule has 0 aliphatic carbocycles. The minimum Gasteiger partial charge on any atom is -0.478 e. The molecule has 1 amide bonds. The lowest BCUT2D eigenvalue weighted by molar-refractivity contribution is 0.0692. The van der Waals surface area contributed by atoms with Crippen LogP contribution in [0.15, 0.2) is 53.1 Å². The van der Waals surface area contributed by atoms with Crippen LogP contribution < -0.4 is 4.90 Å². The van der Waals surface area contributed by atoms with Crippen LogP contribution in [-0.2, 0) is 0 Å². The van der Waals surface area contributed by atoms with E-state index in [0.29, 0.717) is 5.69 Å². The van der Waals surface area contributed by atoms with Crippen LogP contribution in [0.2, 0.25) is 20.1 Å². The van der Waals surface area contributed by atoms with Crippen LogP contribution in [0, 0.1) is 0 Å². The van der Waals surface area contributed by atoms with Crippen LogP contribution in [-0.4, -0.2) is 17.0 Å². The molecule has 3 rings (SSSR count). The van der Waals surface area contributed by atoms with Crippen molar-refractivity contribution >= 4 is 69.9 Å². The third kappa shape index (κ3) is 3.51. The number of carboxylic acid groups (broad SMARTS) is 1. The summed E-state index contributed by atoms with van der Waals surface area (Å²) < 4.78 is 5.34. The molecule has 2 aromatic carbocycles. The molecule has 0 spiro atoms. The summed E-state index contributed by atoms with van der Waals surface area (Å²) in [6.45, 7) is 0. The van der Waals surface area contributed by atoms with Crippen molar-refractivity contribution in [2.45, 2.75) is 0 Å². The molecule has 0 saturated heterocycles. The fraction of sp³-hybridized carbons (Fsp3) is 0. The number of para-hydroxylation sites is 1. The molecular formula is C18H9Cl4NO4. The van der Waals surface area contributed by atoms with E-state index in [9.17, 15) is 14.7 Å². The lowest BCUT2D eigenvalue weighted by atomic mass is 10.1. The predicted octanol–water partition coefficient (Wildman–Crippen LogP) is 6.57. The number of carbonyl (C=O) groups is 2. The summed E-state index contributed by atoms with van der Waals surface area (Å²) in [5.41, 5.74) is -0.524. The molecule has 3 aromatic rings. The first-order chi connectivity index (χ1) is 12.8. The third-order valence-electron chi connectivity index (χ3n) is 3.64. The number of benzene rings is 2. The number of amides is 1. The van der Waals surface area contributed by atoms with Crippen molar-refractivity contribution in [2.75, 3.05) is 4.90 Å². The topological polar surface area (TPSA) is 70.8 Å². The molecule has 5 nitrogen and oxygen atoms in total. The molecule has 1 aromatic heterocycles. The Hall–Kier alpha value is -2.18. The quantitative estimate of drug-likeness (QED) is 0.364. The molecule has 0 bridgehead atoms. The SMILES string of the molecule is O=C(O)c1c(Cl)c(Cl)c(Cl)c(Cl)c1C(=O)N(c1ccccc1)c1ccco1. The Morgan fingerprint density at radius 2 is 1.41 bits per heavy atom. The van der Waals surface area contributed by atoms with Gasteiger partial charge in [0.25, 0.3) is 5.91 Å². The number of aromatic carboxylic acids is 1. The summed E-state index contributed by atoms with van der Waals surface area (Å²) >= 11 is 24.2. The monoisotopic (exact) mass is 443 g/mol. The highest BCUT2D eigenvalue weighted by molar-refractivity contribution is 6.54. The van der Waals surface area contributed by atoms with Crippen molar-refractivity contribution in [1.29, 1.82) is 0 Å². The molecule has 0 fully saturated rings. The maximum atomic E-state index is 13.4. The van der Waals surface area contributed by atoms with E-state index < -0.39 is 23.0 Å². The average Bonchev–Trinajstić information content (AvgIpc) is 3.17. The number of hydrogen-bond acceptors (Lipinski definition) is 3. The molecule has 0 unspecified atom stereocenters. The molecule has 0 aliphatic rings. The molecule has 1 heterocycles. The number of halogens is 4. The van der Waals surface area contributed by atoms with Crippen LogP contribution in [0.3, 0.4) is 0 Å². The first kappa shape index (κ1) is 19.6. The fourth-order valence-corrected chi connectivity index (χ4v) is 3.48. The van der Waals surface area contributed by atoms with Gasteiger partial charge >= 0.3 is 5.97 Å². The molecule has 0 saturated carbocycles. The molecule has 9 heteroatoms. The zero-order chi connectivity index (χ0) is 19.7. The molecule has 27 heavy (non-hydrogen) atoms. The van der Waals surface area contributed by atoms with Crippen LogP contribution in [0.5, 0.6) is 0 Å². The second kappa shape index (κ2) is 7.82. The molecule has 138 valence electrons. The van der Waals surface area contributed by atoms with Gasteiger partial charge in [0.05, 0.1) is 43.2 Å². The molecule has 0 aliphatic heterocycles. The standard InChI is InChI=1S/C18H9Cl4NO4/c19-13-11(12(18(25)26)14(20)16(22)15(13)21)17(24)23(10-7-4-8-27-10)9-5-2-1-3-6-9/h1-8H,(H,25,26). The number of furan rings is 1. The van der Waals surface area contributed by atoms with E-state index >= 15 is 0 Å². The zero-order valence-corrected chi connectivity index (χ0v) is 16.3. The third-order valence-corrected chi connectivity index (χ3v) is 5.44. The van der Waals surface area contributed by atoms with Gasteiger partial charge in [-0.1, -0.05) is 64.6 Å². The molecule has 0 radical (unpaired) electrons. The van der Waals surface area contributed by atoms with E-state index in [1.165, 1.54) is 6.26 Å². The van der Waals surface area contributed by atoms with Gasteiger partial charge in [0.1, 0.15) is 0 Å². The number of carboxylic acids is 1. The fourth-order valence-electron chi connectivity index (χ4n) is 2.46. The number of anilines is 2. The maximum Gasteiger partial charge on any atom is 0.338 e. The lowest BCUT2D eigenvalue weighted by Gasteiger charge is -2.22. The van der Waals surface area contributed by atoms with Gasteiger partial charge in [0, 0.05) is 6.07 Å². The van der Waals surface area contributed by atoms with E-state index in [2.05, 4.69) is 0 Å². The Morgan fingerprint density at radius 1 is 0.815 bits per heavy atom. The molecular weight excluding hydrogens is 436 g/mol. The van der Waals surface area contributed by atoms with Crippen molar-refractivity contribution < 1.29 is 19.1 Å². The Bertz CT molecular complexity index is 1020. The van der Waals surface area contributed by atoms with Gasteiger partial charge in [-0.3, -0.25) is 4.79 Å². The minimum atomic E-state index is -1.48. The van der Waals surface area contributed by atoms with E-state index in [1.54, 1.807) is 42.5 Å². The number of rotatable bonds is 4. The molecule has 1 N–H and O–H groups in total. The lowest BCUT2D eigenvalue weighted by Crippen LogP contribution is -2.28. The van der Waals surface area contributed by atoms with Crippen LogP contribution in [0.1, 0.15) is 20.7 Å². The summed E-state index contributed by atoms with van der Waals surface area (Å²) in [4.78, 5) is 26.3. The Balaban J connectivity index is 2.29. The van der Waals surface area contributed by atoms with Gasteiger partial charge < -0.3 is 9.52 Å². The van der Waals surface area contributed by atoms with E-state index in [4.69, 9.17) is 50.8 Å². The first-order valence-electron chi connectivity index (χ1n) is 7.36. The van der Waals surface area contributed by atoms with Gasteiger partial charge in [0.15, 0.2) is 0 Å². The number of hydrogen-bond donors (Lipinski definition) is 1. The normalized spacial score (nSPS) is 10.7. The van der Waals surface area contributed by atoms with Crippen molar-refractivity contribution in [2.24, 2.45) is 0 Å². The van der Waals surface area contributed by atoms with Crippen molar-refractivity contribution in [3.8, 4) is 0 Å². The van der Waals surface area contributed by atoms with Gasteiger partial charge in [-0.05, 0) is 18.2 Å². The van der Waals surface area contributed by atoms with E-state index in [0.717, 1.165) is 4.90 Å². The highest BCUT2D eigenvalue weighted by Gasteiger charge is 2.33. The van der Waals surface area contributed by atoms with Crippen molar-refractivity contribution in [3.05, 3.63) is 79.9 Å². The van der Waals surface area contributed by atoms with Crippen LogP contribution >= 0.6 is 46.4 Å². The van der Waals surface area contributed by atoms with E-state index in [-0.39, 0.29) is 26.0 Å². The highest BCUT2D eigenvalue weighted by Crippen LogP contribution is 2.43. The predicted molar refractivity (Wildman–Crippen MR) is 105 cm³/mol. The largest absolute Gasteiger partial charge is 0.478 e. The Kier molecular flexibility index (Phi) is 5.67.